The molecule has 1 amide bonds. The minimum absolute atomic E-state index is 0.195. The summed E-state index contributed by atoms with van der Waals surface area (Å²) in [7, 11) is 0. The van der Waals surface area contributed by atoms with E-state index in [1.807, 2.05) is 36.4 Å². The van der Waals surface area contributed by atoms with Gasteiger partial charge in [-0.15, -0.1) is 5.92 Å². The van der Waals surface area contributed by atoms with E-state index in [2.05, 4.69) is 31.0 Å². The summed E-state index contributed by atoms with van der Waals surface area (Å²) in [5.41, 5.74) is 2.71. The van der Waals surface area contributed by atoms with E-state index in [1.54, 1.807) is 32.9 Å². The number of anilines is 1. The number of hydrogen-bond donors (Lipinski definition) is 1. The third kappa shape index (κ3) is 7.49. The maximum atomic E-state index is 12.6. The van der Waals surface area contributed by atoms with Crippen LogP contribution in [0, 0.1) is 11.8 Å². The zero-order valence-electron chi connectivity index (χ0n) is 18.9. The second-order valence-electron chi connectivity index (χ2n) is 7.55. The molecule has 2 aromatic carbocycles. The number of nitrogens with one attached hydrogen (secondary N) is 1. The molecule has 31 heavy (non-hydrogen) atoms. The van der Waals surface area contributed by atoms with Crippen LogP contribution in [0.5, 0.6) is 5.75 Å². The second kappa shape index (κ2) is 11.8. The smallest absolute Gasteiger partial charge is 0.307 e. The van der Waals surface area contributed by atoms with E-state index in [0.717, 1.165) is 11.1 Å². The molecular weight excluding hydrogens is 390 g/mol. The number of hydrogen-bond acceptors (Lipinski definition) is 4. The molecular formula is C26H31NO4. The Kier molecular flexibility index (Phi) is 9.14. The van der Waals surface area contributed by atoms with Gasteiger partial charge in [-0.1, -0.05) is 44.0 Å². The first kappa shape index (κ1) is 24.0. The Hall–Kier alpha value is -3.26. The van der Waals surface area contributed by atoms with Gasteiger partial charge in [-0.05, 0) is 62.1 Å². The largest absolute Gasteiger partial charge is 0.481 e. The summed E-state index contributed by atoms with van der Waals surface area (Å²) in [6, 6.07) is 15.1. The summed E-state index contributed by atoms with van der Waals surface area (Å²) in [6.07, 6.45) is -0.453. The van der Waals surface area contributed by atoms with Crippen LogP contribution in [0.4, 0.5) is 5.69 Å². The van der Waals surface area contributed by atoms with Gasteiger partial charge in [-0.3, -0.25) is 9.59 Å². The van der Waals surface area contributed by atoms with Gasteiger partial charge < -0.3 is 14.8 Å². The zero-order chi connectivity index (χ0) is 22.8. The zero-order valence-corrected chi connectivity index (χ0v) is 18.9. The summed E-state index contributed by atoms with van der Waals surface area (Å²) in [6.45, 7) is 9.81. The van der Waals surface area contributed by atoms with Crippen LogP contribution in [0.3, 0.4) is 0 Å². The lowest BCUT2D eigenvalue weighted by atomic mass is 9.96. The quantitative estimate of drug-likeness (QED) is 0.442. The predicted octanol–water partition coefficient (Wildman–Crippen LogP) is 5.28. The molecule has 1 N–H and O–H groups in total. The summed E-state index contributed by atoms with van der Waals surface area (Å²) in [5.74, 6) is 6.21. The van der Waals surface area contributed by atoms with Crippen LogP contribution in [-0.2, 0) is 14.3 Å². The molecule has 0 aromatic heterocycles. The van der Waals surface area contributed by atoms with Gasteiger partial charge in [0, 0.05) is 5.69 Å². The van der Waals surface area contributed by atoms with Gasteiger partial charge in [0.25, 0.3) is 5.91 Å². The molecule has 0 radical (unpaired) electrons. The molecule has 5 heteroatoms. The highest BCUT2D eigenvalue weighted by atomic mass is 16.5. The van der Waals surface area contributed by atoms with Crippen LogP contribution in [0.1, 0.15) is 64.0 Å². The molecule has 2 aromatic rings. The van der Waals surface area contributed by atoms with Gasteiger partial charge in [0.1, 0.15) is 5.75 Å². The lowest BCUT2D eigenvalue weighted by Crippen LogP contribution is -2.30. The second-order valence-corrected chi connectivity index (χ2v) is 7.55. The summed E-state index contributed by atoms with van der Waals surface area (Å²) >= 11 is 0. The van der Waals surface area contributed by atoms with Crippen LogP contribution < -0.4 is 10.1 Å². The first-order chi connectivity index (χ1) is 14.8. The highest BCUT2D eigenvalue weighted by Gasteiger charge is 2.17. The Morgan fingerprint density at radius 1 is 1.03 bits per heavy atom. The van der Waals surface area contributed by atoms with Gasteiger partial charge in [0.15, 0.2) is 6.10 Å². The maximum absolute atomic E-state index is 12.6. The van der Waals surface area contributed by atoms with E-state index < -0.39 is 6.10 Å². The van der Waals surface area contributed by atoms with Crippen LogP contribution in [-0.4, -0.2) is 24.6 Å². The standard InChI is InChI=1S/C26H31NO4/c1-6-9-22(17-25(28)30-7-2)20-12-14-23(15-13-20)27-26(29)19(5)31-24-11-8-10-21(16-24)18(3)4/h8,10-16,18-19,22H,7,17H2,1-5H3,(H,27,29). The molecule has 0 saturated carbocycles. The average Bonchev–Trinajstić information content (AvgIpc) is 2.74. The molecule has 0 bridgehead atoms. The van der Waals surface area contributed by atoms with Crippen LogP contribution in [0.2, 0.25) is 0 Å². The van der Waals surface area contributed by atoms with E-state index >= 15 is 0 Å². The number of carbonyl (C=O) groups excluding carboxylic acids is 2. The fourth-order valence-electron chi connectivity index (χ4n) is 3.06. The topological polar surface area (TPSA) is 64.6 Å². The van der Waals surface area contributed by atoms with E-state index in [1.165, 1.54) is 0 Å². The van der Waals surface area contributed by atoms with Crippen molar-refractivity contribution in [3.05, 3.63) is 59.7 Å². The summed E-state index contributed by atoms with van der Waals surface area (Å²) in [5, 5.41) is 2.87. The molecule has 0 aliphatic carbocycles. The Balaban J connectivity index is 2.00. The van der Waals surface area contributed by atoms with Crippen molar-refractivity contribution in [1.29, 1.82) is 0 Å². The van der Waals surface area contributed by atoms with E-state index in [4.69, 9.17) is 9.47 Å². The maximum Gasteiger partial charge on any atom is 0.307 e. The van der Waals surface area contributed by atoms with Gasteiger partial charge in [-0.2, -0.15) is 0 Å². The number of esters is 1. The molecule has 0 fully saturated rings. The van der Waals surface area contributed by atoms with Crippen molar-refractivity contribution in [2.24, 2.45) is 0 Å². The molecule has 2 atom stereocenters. The van der Waals surface area contributed by atoms with Crippen molar-refractivity contribution in [3.8, 4) is 17.6 Å². The summed E-state index contributed by atoms with van der Waals surface area (Å²) < 4.78 is 10.9. The van der Waals surface area contributed by atoms with Crippen LogP contribution in [0.15, 0.2) is 48.5 Å². The Morgan fingerprint density at radius 3 is 2.35 bits per heavy atom. The minimum atomic E-state index is -0.649. The molecule has 2 rings (SSSR count). The monoisotopic (exact) mass is 421 g/mol. The van der Waals surface area contributed by atoms with Gasteiger partial charge in [0.05, 0.1) is 18.9 Å². The molecule has 0 heterocycles. The first-order valence-corrected chi connectivity index (χ1v) is 10.6. The fourth-order valence-corrected chi connectivity index (χ4v) is 3.06. The number of rotatable bonds is 9. The molecule has 0 aliphatic rings. The molecule has 0 spiro atoms. The third-order valence-corrected chi connectivity index (χ3v) is 4.78. The van der Waals surface area contributed by atoms with Crippen molar-refractivity contribution in [2.45, 2.75) is 59.0 Å². The molecule has 164 valence electrons. The molecule has 2 unspecified atom stereocenters. The van der Waals surface area contributed by atoms with Crippen molar-refractivity contribution >= 4 is 17.6 Å². The SMILES string of the molecule is CC#CC(CC(=O)OCC)c1ccc(NC(=O)C(C)Oc2cccc(C(C)C)c2)cc1. The van der Waals surface area contributed by atoms with Gasteiger partial charge >= 0.3 is 5.97 Å². The Bertz CT molecular complexity index is 938. The van der Waals surface area contributed by atoms with Gasteiger partial charge in [0.2, 0.25) is 0 Å². The van der Waals surface area contributed by atoms with Crippen molar-refractivity contribution in [1.82, 2.24) is 0 Å². The van der Waals surface area contributed by atoms with Gasteiger partial charge in [-0.25, -0.2) is 0 Å². The van der Waals surface area contributed by atoms with Crippen molar-refractivity contribution < 1.29 is 19.1 Å². The molecule has 0 saturated heterocycles. The van der Waals surface area contributed by atoms with E-state index in [-0.39, 0.29) is 24.2 Å². The third-order valence-electron chi connectivity index (χ3n) is 4.78. The number of benzene rings is 2. The van der Waals surface area contributed by atoms with Crippen molar-refractivity contribution in [2.75, 3.05) is 11.9 Å². The van der Waals surface area contributed by atoms with Crippen molar-refractivity contribution in [3.63, 3.8) is 0 Å². The van der Waals surface area contributed by atoms with Crippen LogP contribution >= 0.6 is 0 Å². The predicted molar refractivity (Wildman–Crippen MR) is 123 cm³/mol. The average molecular weight is 422 g/mol. The number of carbonyl (C=O) groups is 2. The first-order valence-electron chi connectivity index (χ1n) is 10.6. The van der Waals surface area contributed by atoms with Crippen LogP contribution in [0.25, 0.3) is 0 Å². The highest BCUT2D eigenvalue weighted by molar-refractivity contribution is 5.94. The normalized spacial score (nSPS) is 12.3. The van der Waals surface area contributed by atoms with E-state index in [0.29, 0.717) is 24.0 Å². The highest BCUT2D eigenvalue weighted by Crippen LogP contribution is 2.23. The molecule has 5 nitrogen and oxygen atoms in total. The lowest BCUT2D eigenvalue weighted by Gasteiger charge is -2.16. The molecule has 0 aliphatic heterocycles. The lowest BCUT2D eigenvalue weighted by molar-refractivity contribution is -0.143. The number of amides is 1. The Morgan fingerprint density at radius 2 is 1.74 bits per heavy atom. The minimum Gasteiger partial charge on any atom is -0.481 e. The number of ether oxygens (including phenoxy) is 2. The van der Waals surface area contributed by atoms with E-state index in [9.17, 15) is 9.59 Å². The summed E-state index contributed by atoms with van der Waals surface area (Å²) in [4.78, 5) is 24.4. The Labute approximate surface area is 185 Å². The fraction of sp³-hybridized carbons (Fsp3) is 0.385.